The van der Waals surface area contributed by atoms with Gasteiger partial charge in [-0.3, -0.25) is 0 Å². The van der Waals surface area contributed by atoms with E-state index in [9.17, 15) is 4.79 Å². The molecule has 2 rings (SSSR count). The summed E-state index contributed by atoms with van der Waals surface area (Å²) in [4.78, 5) is 10.7. The molecule has 0 heterocycles. The summed E-state index contributed by atoms with van der Waals surface area (Å²) in [6.07, 6.45) is 2.31. The molecule has 16 heavy (non-hydrogen) atoms. The van der Waals surface area contributed by atoms with Crippen molar-refractivity contribution in [1.29, 1.82) is 0 Å². The fourth-order valence-electron chi connectivity index (χ4n) is 2.07. The van der Waals surface area contributed by atoms with Gasteiger partial charge in [-0.15, -0.1) is 0 Å². The van der Waals surface area contributed by atoms with Crippen LogP contribution in [0, 0.1) is 5.92 Å². The van der Waals surface area contributed by atoms with E-state index in [0.29, 0.717) is 11.7 Å². The SMILES string of the molecule is CC1CC(Nc2ccc(C(=O)O)cc2N)C1. The standard InChI is InChI=1S/C12H16N2O2/c1-7-4-9(5-7)14-11-3-2-8(12(15)16)6-10(11)13/h2-3,6-7,9,14H,4-5,13H2,1H3,(H,15,16). The Labute approximate surface area is 94.5 Å². The number of aromatic carboxylic acids is 1. The van der Waals surface area contributed by atoms with E-state index in [-0.39, 0.29) is 5.56 Å². The van der Waals surface area contributed by atoms with Crippen LogP contribution in [0.1, 0.15) is 30.1 Å². The predicted octanol–water partition coefficient (Wildman–Crippen LogP) is 2.18. The van der Waals surface area contributed by atoms with Gasteiger partial charge in [-0.2, -0.15) is 0 Å². The van der Waals surface area contributed by atoms with E-state index in [4.69, 9.17) is 10.8 Å². The molecule has 0 bridgehead atoms. The van der Waals surface area contributed by atoms with Crippen LogP contribution in [0.4, 0.5) is 11.4 Å². The first-order valence-electron chi connectivity index (χ1n) is 5.45. The Bertz CT molecular complexity index is 411. The zero-order valence-electron chi connectivity index (χ0n) is 9.23. The molecule has 4 nitrogen and oxygen atoms in total. The Hall–Kier alpha value is -1.71. The van der Waals surface area contributed by atoms with Crippen molar-refractivity contribution in [3.05, 3.63) is 23.8 Å². The van der Waals surface area contributed by atoms with E-state index in [1.807, 2.05) is 0 Å². The average molecular weight is 220 g/mol. The van der Waals surface area contributed by atoms with Gasteiger partial charge in [0.1, 0.15) is 0 Å². The topological polar surface area (TPSA) is 75.3 Å². The van der Waals surface area contributed by atoms with Gasteiger partial charge in [0.25, 0.3) is 0 Å². The number of hydrogen-bond donors (Lipinski definition) is 3. The van der Waals surface area contributed by atoms with Crippen molar-refractivity contribution in [3.8, 4) is 0 Å². The number of hydrogen-bond acceptors (Lipinski definition) is 3. The maximum Gasteiger partial charge on any atom is 0.335 e. The average Bonchev–Trinajstić information content (AvgIpc) is 2.18. The van der Waals surface area contributed by atoms with Crippen LogP contribution < -0.4 is 11.1 Å². The Balaban J connectivity index is 2.07. The molecule has 1 saturated carbocycles. The van der Waals surface area contributed by atoms with Crippen LogP contribution in [0.3, 0.4) is 0 Å². The van der Waals surface area contributed by atoms with Crippen molar-refractivity contribution in [2.75, 3.05) is 11.1 Å². The fourth-order valence-corrected chi connectivity index (χ4v) is 2.07. The second-order valence-corrected chi connectivity index (χ2v) is 4.53. The normalized spacial score (nSPS) is 23.6. The third-order valence-corrected chi connectivity index (χ3v) is 3.03. The summed E-state index contributed by atoms with van der Waals surface area (Å²) in [7, 11) is 0. The number of nitrogen functional groups attached to an aromatic ring is 1. The first kappa shape index (κ1) is 10.8. The summed E-state index contributed by atoms with van der Waals surface area (Å²) in [5.74, 6) is -0.174. The molecule has 4 N–H and O–H groups in total. The zero-order valence-corrected chi connectivity index (χ0v) is 9.23. The van der Waals surface area contributed by atoms with Crippen molar-refractivity contribution in [3.63, 3.8) is 0 Å². The second-order valence-electron chi connectivity index (χ2n) is 4.53. The Morgan fingerprint density at radius 1 is 1.50 bits per heavy atom. The summed E-state index contributed by atoms with van der Waals surface area (Å²) < 4.78 is 0. The molecule has 1 aromatic rings. The van der Waals surface area contributed by atoms with Gasteiger partial charge in [0, 0.05) is 6.04 Å². The lowest BCUT2D eigenvalue weighted by molar-refractivity contribution is 0.0697. The molecule has 1 fully saturated rings. The van der Waals surface area contributed by atoms with Gasteiger partial charge in [0.2, 0.25) is 0 Å². The molecule has 86 valence electrons. The zero-order chi connectivity index (χ0) is 11.7. The lowest BCUT2D eigenvalue weighted by atomic mass is 9.82. The minimum Gasteiger partial charge on any atom is -0.478 e. The Morgan fingerprint density at radius 3 is 2.69 bits per heavy atom. The van der Waals surface area contributed by atoms with E-state index in [1.165, 1.54) is 6.07 Å². The highest BCUT2D eigenvalue weighted by Gasteiger charge is 2.25. The van der Waals surface area contributed by atoms with Crippen molar-refractivity contribution in [2.24, 2.45) is 5.92 Å². The lowest BCUT2D eigenvalue weighted by Gasteiger charge is -2.34. The molecule has 0 saturated heterocycles. The summed E-state index contributed by atoms with van der Waals surface area (Å²) in [6, 6.07) is 5.28. The van der Waals surface area contributed by atoms with Crippen molar-refractivity contribution in [1.82, 2.24) is 0 Å². The molecule has 1 aliphatic rings. The molecule has 0 aromatic heterocycles. The number of carboxylic acid groups (broad SMARTS) is 1. The number of anilines is 2. The number of rotatable bonds is 3. The third-order valence-electron chi connectivity index (χ3n) is 3.03. The summed E-state index contributed by atoms with van der Waals surface area (Å²) in [5.41, 5.74) is 7.36. The quantitative estimate of drug-likeness (QED) is 0.682. The summed E-state index contributed by atoms with van der Waals surface area (Å²) in [6.45, 7) is 2.22. The third kappa shape index (κ3) is 2.10. The predicted molar refractivity (Wildman–Crippen MR) is 63.6 cm³/mol. The molecule has 0 amide bonds. The van der Waals surface area contributed by atoms with Gasteiger partial charge >= 0.3 is 5.97 Å². The van der Waals surface area contributed by atoms with Gasteiger partial charge in [-0.1, -0.05) is 6.92 Å². The fraction of sp³-hybridized carbons (Fsp3) is 0.417. The minimum atomic E-state index is -0.949. The van der Waals surface area contributed by atoms with Crippen LogP contribution >= 0.6 is 0 Å². The van der Waals surface area contributed by atoms with Crippen LogP contribution in [0.2, 0.25) is 0 Å². The van der Waals surface area contributed by atoms with E-state index in [2.05, 4.69) is 12.2 Å². The van der Waals surface area contributed by atoms with Crippen molar-refractivity contribution in [2.45, 2.75) is 25.8 Å². The van der Waals surface area contributed by atoms with Crippen molar-refractivity contribution >= 4 is 17.3 Å². The van der Waals surface area contributed by atoms with E-state index in [0.717, 1.165) is 24.4 Å². The maximum atomic E-state index is 10.7. The summed E-state index contributed by atoms with van der Waals surface area (Å²) in [5, 5.41) is 12.1. The molecule has 0 unspecified atom stereocenters. The summed E-state index contributed by atoms with van der Waals surface area (Å²) >= 11 is 0. The Morgan fingerprint density at radius 2 is 2.19 bits per heavy atom. The highest BCUT2D eigenvalue weighted by molar-refractivity contribution is 5.90. The van der Waals surface area contributed by atoms with Gasteiger partial charge in [-0.25, -0.2) is 4.79 Å². The molecule has 0 radical (unpaired) electrons. The monoisotopic (exact) mass is 220 g/mol. The van der Waals surface area contributed by atoms with Gasteiger partial charge < -0.3 is 16.2 Å². The molecule has 4 heteroatoms. The first-order chi connectivity index (χ1) is 7.56. The largest absolute Gasteiger partial charge is 0.478 e. The van der Waals surface area contributed by atoms with Crippen LogP contribution in [0.5, 0.6) is 0 Å². The molecule has 0 atom stereocenters. The van der Waals surface area contributed by atoms with E-state index in [1.54, 1.807) is 12.1 Å². The molecular formula is C12H16N2O2. The first-order valence-corrected chi connectivity index (χ1v) is 5.45. The molecular weight excluding hydrogens is 204 g/mol. The molecule has 1 aliphatic carbocycles. The molecule has 0 spiro atoms. The highest BCUT2D eigenvalue weighted by Crippen LogP contribution is 2.31. The van der Waals surface area contributed by atoms with Crippen LogP contribution in [0.25, 0.3) is 0 Å². The van der Waals surface area contributed by atoms with Crippen LogP contribution in [-0.4, -0.2) is 17.1 Å². The minimum absolute atomic E-state index is 0.227. The number of nitrogens with one attached hydrogen (secondary N) is 1. The smallest absolute Gasteiger partial charge is 0.335 e. The second kappa shape index (κ2) is 4.04. The van der Waals surface area contributed by atoms with Crippen LogP contribution in [-0.2, 0) is 0 Å². The highest BCUT2D eigenvalue weighted by atomic mass is 16.4. The van der Waals surface area contributed by atoms with Gasteiger partial charge in [0.05, 0.1) is 16.9 Å². The van der Waals surface area contributed by atoms with Gasteiger partial charge in [0.15, 0.2) is 0 Å². The molecule has 0 aliphatic heterocycles. The Kier molecular flexibility index (Phi) is 2.73. The number of nitrogens with two attached hydrogens (primary N) is 1. The number of carboxylic acids is 1. The number of carbonyl (C=O) groups is 1. The van der Waals surface area contributed by atoms with Gasteiger partial charge in [-0.05, 0) is 37.0 Å². The van der Waals surface area contributed by atoms with E-state index < -0.39 is 5.97 Å². The van der Waals surface area contributed by atoms with E-state index >= 15 is 0 Å². The lowest BCUT2D eigenvalue weighted by Crippen LogP contribution is -2.34. The maximum absolute atomic E-state index is 10.7. The van der Waals surface area contributed by atoms with Crippen LogP contribution in [0.15, 0.2) is 18.2 Å². The number of benzene rings is 1. The molecule has 1 aromatic carbocycles. The van der Waals surface area contributed by atoms with Crippen molar-refractivity contribution < 1.29 is 9.90 Å².